The first-order chi connectivity index (χ1) is 15.3. The largest absolute Gasteiger partial charge is 0.383 e. The molecular weight excluding hydrogens is 436 g/mol. The molecule has 2 aromatic carbocycles. The predicted molar refractivity (Wildman–Crippen MR) is 119 cm³/mol. The van der Waals surface area contributed by atoms with Crippen molar-refractivity contribution in [1.29, 1.82) is 0 Å². The number of hydrogen-bond acceptors (Lipinski definition) is 4. The van der Waals surface area contributed by atoms with Crippen LogP contribution in [0.3, 0.4) is 0 Å². The molecule has 1 amide bonds. The molecule has 0 aliphatic carbocycles. The van der Waals surface area contributed by atoms with Crippen LogP contribution in [0.15, 0.2) is 42.9 Å². The average Bonchev–Trinajstić information content (AvgIpc) is 3.36. The topological polar surface area (TPSA) is 77.0 Å². The van der Waals surface area contributed by atoms with Crippen LogP contribution in [0.25, 0.3) is 22.2 Å². The van der Waals surface area contributed by atoms with Crippen molar-refractivity contribution in [3.63, 3.8) is 0 Å². The summed E-state index contributed by atoms with van der Waals surface area (Å²) in [6.07, 6.45) is 3.85. The summed E-state index contributed by atoms with van der Waals surface area (Å²) in [4.78, 5) is 22.9. The summed E-state index contributed by atoms with van der Waals surface area (Å²) in [6, 6.07) is 8.14. The predicted octanol–water partition coefficient (Wildman–Crippen LogP) is 4.28. The van der Waals surface area contributed by atoms with Gasteiger partial charge in [0.05, 0.1) is 11.8 Å². The summed E-state index contributed by atoms with van der Waals surface area (Å²) < 4.78 is 29.6. The highest BCUT2D eigenvalue weighted by Gasteiger charge is 2.27. The van der Waals surface area contributed by atoms with E-state index in [1.165, 1.54) is 12.4 Å². The molecule has 0 saturated carbocycles. The van der Waals surface area contributed by atoms with Gasteiger partial charge >= 0.3 is 0 Å². The van der Waals surface area contributed by atoms with Crippen LogP contribution < -0.4 is 10.6 Å². The lowest BCUT2D eigenvalue weighted by atomic mass is 10.0. The van der Waals surface area contributed by atoms with E-state index in [-0.39, 0.29) is 17.9 Å². The Morgan fingerprint density at radius 2 is 2.03 bits per heavy atom. The van der Waals surface area contributed by atoms with Crippen molar-refractivity contribution in [2.24, 2.45) is 7.05 Å². The van der Waals surface area contributed by atoms with Crippen molar-refractivity contribution in [2.45, 2.75) is 12.8 Å². The van der Waals surface area contributed by atoms with Gasteiger partial charge in [-0.05, 0) is 41.3 Å². The van der Waals surface area contributed by atoms with E-state index in [0.717, 1.165) is 39.5 Å². The Kier molecular flexibility index (Phi) is 4.82. The van der Waals surface area contributed by atoms with E-state index in [1.54, 1.807) is 4.90 Å². The van der Waals surface area contributed by atoms with Gasteiger partial charge in [-0.3, -0.25) is 4.79 Å². The molecule has 9 heteroatoms. The zero-order chi connectivity index (χ0) is 22.6. The van der Waals surface area contributed by atoms with Gasteiger partial charge in [0.15, 0.2) is 0 Å². The van der Waals surface area contributed by atoms with Gasteiger partial charge in [-0.1, -0.05) is 23.7 Å². The van der Waals surface area contributed by atoms with Crippen molar-refractivity contribution < 1.29 is 13.6 Å². The third-order valence-electron chi connectivity index (χ3n) is 5.83. The van der Waals surface area contributed by atoms with Crippen LogP contribution in [-0.2, 0) is 24.7 Å². The minimum Gasteiger partial charge on any atom is -0.383 e. The monoisotopic (exact) mass is 453 g/mol. The molecule has 2 N–H and O–H groups in total. The van der Waals surface area contributed by atoms with Crippen LogP contribution >= 0.6 is 11.6 Å². The maximum Gasteiger partial charge on any atom is 0.231 e. The van der Waals surface area contributed by atoms with Crippen molar-refractivity contribution in [1.82, 2.24) is 14.5 Å². The third kappa shape index (κ3) is 3.18. The Balaban J connectivity index is 1.46. The van der Waals surface area contributed by atoms with Crippen LogP contribution in [0, 0.1) is 11.6 Å². The van der Waals surface area contributed by atoms with E-state index < -0.39 is 16.7 Å². The average molecular weight is 454 g/mol. The lowest BCUT2D eigenvalue weighted by Crippen LogP contribution is -2.30. The SMILES string of the molecule is Cn1cc(-c2ccc3c(c2)CCN3C(=O)Cc2ccc(F)c(Cl)c2F)c2c(N)ncnc21. The van der Waals surface area contributed by atoms with Crippen LogP contribution in [0.5, 0.6) is 0 Å². The van der Waals surface area contributed by atoms with Crippen molar-refractivity contribution in [2.75, 3.05) is 17.2 Å². The summed E-state index contributed by atoms with van der Waals surface area (Å²) in [5, 5.41) is 0.185. The molecule has 3 heterocycles. The van der Waals surface area contributed by atoms with E-state index in [9.17, 15) is 13.6 Å². The van der Waals surface area contributed by atoms with Gasteiger partial charge in [0, 0.05) is 31.0 Å². The molecule has 6 nitrogen and oxygen atoms in total. The van der Waals surface area contributed by atoms with Gasteiger partial charge < -0.3 is 15.2 Å². The number of halogens is 3. The first-order valence-corrected chi connectivity index (χ1v) is 10.3. The number of nitrogens with zero attached hydrogens (tertiary/aromatic N) is 4. The summed E-state index contributed by atoms with van der Waals surface area (Å²) in [5.41, 5.74) is 10.5. The van der Waals surface area contributed by atoms with Gasteiger partial charge in [-0.2, -0.15) is 0 Å². The van der Waals surface area contributed by atoms with Gasteiger partial charge in [-0.15, -0.1) is 0 Å². The van der Waals surface area contributed by atoms with Gasteiger partial charge in [0.25, 0.3) is 0 Å². The number of anilines is 2. The van der Waals surface area contributed by atoms with Gasteiger partial charge in [-0.25, -0.2) is 18.7 Å². The van der Waals surface area contributed by atoms with Gasteiger partial charge in [0.2, 0.25) is 5.91 Å². The number of aromatic nitrogens is 3. The van der Waals surface area contributed by atoms with Gasteiger partial charge in [0.1, 0.15) is 34.4 Å². The lowest BCUT2D eigenvalue weighted by Gasteiger charge is -2.18. The lowest BCUT2D eigenvalue weighted by molar-refractivity contribution is -0.117. The van der Waals surface area contributed by atoms with Crippen molar-refractivity contribution in [3.05, 3.63) is 70.6 Å². The highest BCUT2D eigenvalue weighted by atomic mass is 35.5. The normalized spacial score (nSPS) is 13.1. The second kappa shape index (κ2) is 7.56. The number of rotatable bonds is 3. The fourth-order valence-electron chi connectivity index (χ4n) is 4.24. The van der Waals surface area contributed by atoms with E-state index in [4.69, 9.17) is 17.3 Å². The van der Waals surface area contributed by atoms with Crippen LogP contribution in [-0.4, -0.2) is 27.0 Å². The highest BCUT2D eigenvalue weighted by molar-refractivity contribution is 6.31. The Labute approximate surface area is 187 Å². The number of carbonyl (C=O) groups excluding carboxylic acids is 1. The first kappa shape index (κ1) is 20.4. The summed E-state index contributed by atoms with van der Waals surface area (Å²) in [5.74, 6) is -1.62. The number of benzene rings is 2. The standard InChI is InChI=1S/C23H18ClF2N5O/c1-30-10-15(19-22(27)28-11-29-23(19)30)12-3-5-17-13(8-12)6-7-31(17)18(32)9-14-2-4-16(25)20(24)21(14)26/h2-5,8,10-11H,6-7,9H2,1H3,(H2,27,28,29). The van der Waals surface area contributed by atoms with E-state index in [0.29, 0.717) is 18.8 Å². The quantitative estimate of drug-likeness (QED) is 0.470. The maximum atomic E-state index is 14.2. The molecule has 0 bridgehead atoms. The molecule has 1 aliphatic heterocycles. The molecule has 0 unspecified atom stereocenters. The molecule has 0 saturated heterocycles. The van der Waals surface area contributed by atoms with E-state index in [1.807, 2.05) is 36.0 Å². The third-order valence-corrected chi connectivity index (χ3v) is 6.17. The number of fused-ring (bicyclic) bond motifs is 2. The van der Waals surface area contributed by atoms with Crippen molar-refractivity contribution >= 4 is 40.0 Å². The first-order valence-electron chi connectivity index (χ1n) is 9.96. The Morgan fingerprint density at radius 1 is 1.22 bits per heavy atom. The van der Waals surface area contributed by atoms with Crippen LogP contribution in [0.2, 0.25) is 5.02 Å². The number of amides is 1. The maximum absolute atomic E-state index is 14.2. The zero-order valence-corrected chi connectivity index (χ0v) is 17.8. The summed E-state index contributed by atoms with van der Waals surface area (Å²) in [7, 11) is 1.90. The summed E-state index contributed by atoms with van der Waals surface area (Å²) in [6.45, 7) is 0.481. The molecule has 32 heavy (non-hydrogen) atoms. The number of nitrogen functional groups attached to an aromatic ring is 1. The molecule has 0 atom stereocenters. The molecule has 2 aromatic heterocycles. The minimum atomic E-state index is -0.898. The molecular formula is C23H18ClF2N5O. The molecule has 5 rings (SSSR count). The number of hydrogen-bond donors (Lipinski definition) is 1. The molecule has 1 aliphatic rings. The fraction of sp³-hybridized carbons (Fsp3) is 0.174. The summed E-state index contributed by atoms with van der Waals surface area (Å²) >= 11 is 5.64. The highest BCUT2D eigenvalue weighted by Crippen LogP contribution is 2.37. The number of nitrogens with two attached hydrogens (primary N) is 1. The molecule has 0 radical (unpaired) electrons. The van der Waals surface area contributed by atoms with Crippen LogP contribution in [0.4, 0.5) is 20.3 Å². The molecule has 0 spiro atoms. The smallest absolute Gasteiger partial charge is 0.231 e. The van der Waals surface area contributed by atoms with E-state index >= 15 is 0 Å². The fourth-order valence-corrected chi connectivity index (χ4v) is 4.43. The van der Waals surface area contributed by atoms with Crippen molar-refractivity contribution in [3.8, 4) is 11.1 Å². The Bertz CT molecular complexity index is 1400. The van der Waals surface area contributed by atoms with Crippen LogP contribution in [0.1, 0.15) is 11.1 Å². The number of carbonyl (C=O) groups is 1. The molecule has 4 aromatic rings. The molecule has 0 fully saturated rings. The van der Waals surface area contributed by atoms with E-state index in [2.05, 4.69) is 9.97 Å². The second-order valence-electron chi connectivity index (χ2n) is 7.76. The Hall–Kier alpha value is -3.52. The Morgan fingerprint density at radius 3 is 2.84 bits per heavy atom. The number of aryl methyl sites for hydroxylation is 1. The minimum absolute atomic E-state index is 0.0673. The second-order valence-corrected chi connectivity index (χ2v) is 8.14. The molecule has 162 valence electrons. The zero-order valence-electron chi connectivity index (χ0n) is 17.1.